The lowest BCUT2D eigenvalue weighted by molar-refractivity contribution is -0.158. The number of hydrogen-bond donors (Lipinski definition) is 2. The summed E-state index contributed by atoms with van der Waals surface area (Å²) in [6, 6.07) is -0.890. The number of carboxylic acid groups (broad SMARTS) is 1. The van der Waals surface area contributed by atoms with Crippen molar-refractivity contribution in [3.8, 4) is 0 Å². The van der Waals surface area contributed by atoms with Crippen LogP contribution in [0.5, 0.6) is 0 Å². The fourth-order valence-corrected chi connectivity index (χ4v) is 2.19. The second-order valence-electron chi connectivity index (χ2n) is 4.45. The van der Waals surface area contributed by atoms with Crippen molar-refractivity contribution < 1.29 is 24.2 Å². The summed E-state index contributed by atoms with van der Waals surface area (Å²) in [5.74, 6) is -1.18. The molecule has 2 N–H and O–H groups in total. The number of hydrogen-bond acceptors (Lipinski definition) is 5. The molecule has 2 rings (SSSR count). The first-order valence-electron chi connectivity index (χ1n) is 6.09. The van der Waals surface area contributed by atoms with Crippen LogP contribution in [0.3, 0.4) is 0 Å². The van der Waals surface area contributed by atoms with Gasteiger partial charge < -0.3 is 24.8 Å². The van der Waals surface area contributed by atoms with Gasteiger partial charge in [0, 0.05) is 25.6 Å². The quantitative estimate of drug-likeness (QED) is 0.652. The minimum absolute atomic E-state index is 0.0245. The summed E-state index contributed by atoms with van der Waals surface area (Å²) in [6.07, 6.45) is 0.268. The molecule has 2 unspecified atom stereocenters. The van der Waals surface area contributed by atoms with Crippen LogP contribution in [0.15, 0.2) is 0 Å². The Morgan fingerprint density at radius 2 is 2.06 bits per heavy atom. The van der Waals surface area contributed by atoms with Crippen LogP contribution in [0.25, 0.3) is 0 Å². The Balaban J connectivity index is 1.91. The zero-order valence-electron chi connectivity index (χ0n) is 10.1. The minimum Gasteiger partial charge on any atom is -0.480 e. The molecule has 2 fully saturated rings. The van der Waals surface area contributed by atoms with Crippen LogP contribution in [0, 0.1) is 0 Å². The first kappa shape index (κ1) is 13.3. The summed E-state index contributed by atoms with van der Waals surface area (Å²) in [6.45, 7) is 2.67. The van der Waals surface area contributed by atoms with Gasteiger partial charge in [0.15, 0.2) is 6.04 Å². The molecule has 1 amide bonds. The second kappa shape index (κ2) is 6.12. The van der Waals surface area contributed by atoms with Crippen molar-refractivity contribution in [2.45, 2.75) is 18.5 Å². The number of morpholine rings is 2. The first-order valence-corrected chi connectivity index (χ1v) is 6.09. The molecule has 7 nitrogen and oxygen atoms in total. The van der Waals surface area contributed by atoms with Gasteiger partial charge in [-0.25, -0.2) is 4.79 Å². The summed E-state index contributed by atoms with van der Waals surface area (Å²) >= 11 is 0. The summed E-state index contributed by atoms with van der Waals surface area (Å²) < 4.78 is 10.4. The number of carboxylic acids is 1. The van der Waals surface area contributed by atoms with Crippen molar-refractivity contribution in [2.75, 3.05) is 39.5 Å². The van der Waals surface area contributed by atoms with Crippen molar-refractivity contribution >= 4 is 11.9 Å². The van der Waals surface area contributed by atoms with Gasteiger partial charge in [-0.3, -0.25) is 4.79 Å². The molecule has 2 aliphatic heterocycles. The molecule has 2 aliphatic rings. The third kappa shape index (κ3) is 3.18. The van der Waals surface area contributed by atoms with E-state index < -0.39 is 12.0 Å². The topological polar surface area (TPSA) is 88.1 Å². The smallest absolute Gasteiger partial charge is 0.328 e. The van der Waals surface area contributed by atoms with E-state index in [4.69, 9.17) is 14.6 Å². The van der Waals surface area contributed by atoms with E-state index in [0.717, 1.165) is 6.54 Å². The maximum Gasteiger partial charge on any atom is 0.328 e. The maximum atomic E-state index is 12.1. The highest BCUT2D eigenvalue weighted by Gasteiger charge is 2.33. The van der Waals surface area contributed by atoms with Gasteiger partial charge in [0.1, 0.15) is 0 Å². The summed E-state index contributed by atoms with van der Waals surface area (Å²) in [5.41, 5.74) is 0. The third-order valence-electron chi connectivity index (χ3n) is 3.15. The highest BCUT2D eigenvalue weighted by atomic mass is 16.5. The molecule has 0 aliphatic carbocycles. The van der Waals surface area contributed by atoms with E-state index in [0.29, 0.717) is 26.4 Å². The predicted molar refractivity (Wildman–Crippen MR) is 61.2 cm³/mol. The van der Waals surface area contributed by atoms with E-state index in [1.165, 1.54) is 4.90 Å². The fourth-order valence-electron chi connectivity index (χ4n) is 2.19. The van der Waals surface area contributed by atoms with Crippen LogP contribution in [0.2, 0.25) is 0 Å². The number of rotatable bonds is 3. The first-order chi connectivity index (χ1) is 8.68. The molecule has 2 saturated heterocycles. The molecule has 0 aromatic rings. The van der Waals surface area contributed by atoms with Crippen LogP contribution < -0.4 is 5.32 Å². The summed E-state index contributed by atoms with van der Waals surface area (Å²) in [7, 11) is 0. The van der Waals surface area contributed by atoms with E-state index >= 15 is 0 Å². The fraction of sp³-hybridized carbons (Fsp3) is 0.818. The molecule has 18 heavy (non-hydrogen) atoms. The van der Waals surface area contributed by atoms with E-state index in [1.54, 1.807) is 0 Å². The van der Waals surface area contributed by atoms with Gasteiger partial charge in [-0.15, -0.1) is 0 Å². The van der Waals surface area contributed by atoms with Gasteiger partial charge in [-0.05, 0) is 0 Å². The van der Waals surface area contributed by atoms with Crippen molar-refractivity contribution in [1.82, 2.24) is 10.2 Å². The molecule has 2 heterocycles. The van der Waals surface area contributed by atoms with Crippen LogP contribution in [-0.2, 0) is 19.1 Å². The molecule has 0 saturated carbocycles. The van der Waals surface area contributed by atoms with Crippen LogP contribution in [0.1, 0.15) is 6.42 Å². The zero-order chi connectivity index (χ0) is 13.0. The number of ether oxygens (including phenoxy) is 2. The maximum absolute atomic E-state index is 12.1. The largest absolute Gasteiger partial charge is 0.480 e. The number of nitrogens with one attached hydrogen (secondary N) is 1. The summed E-state index contributed by atoms with van der Waals surface area (Å²) in [5, 5.41) is 12.2. The third-order valence-corrected chi connectivity index (χ3v) is 3.15. The van der Waals surface area contributed by atoms with E-state index in [9.17, 15) is 9.59 Å². The second-order valence-corrected chi connectivity index (χ2v) is 4.45. The lowest BCUT2D eigenvalue weighted by atomic mass is 10.1. The summed E-state index contributed by atoms with van der Waals surface area (Å²) in [4.78, 5) is 24.5. The van der Waals surface area contributed by atoms with Gasteiger partial charge in [-0.2, -0.15) is 0 Å². The Morgan fingerprint density at radius 3 is 2.72 bits per heavy atom. The van der Waals surface area contributed by atoms with Gasteiger partial charge in [0.2, 0.25) is 5.91 Å². The zero-order valence-corrected chi connectivity index (χ0v) is 10.1. The minimum atomic E-state index is -1.02. The average Bonchev–Trinajstić information content (AvgIpc) is 2.40. The molecular weight excluding hydrogens is 240 g/mol. The monoisotopic (exact) mass is 258 g/mol. The van der Waals surface area contributed by atoms with Crippen LogP contribution >= 0.6 is 0 Å². The Labute approximate surface area is 105 Å². The average molecular weight is 258 g/mol. The van der Waals surface area contributed by atoms with Gasteiger partial charge in [0.25, 0.3) is 0 Å². The van der Waals surface area contributed by atoms with E-state index in [-0.39, 0.29) is 25.0 Å². The van der Waals surface area contributed by atoms with Gasteiger partial charge in [-0.1, -0.05) is 0 Å². The number of nitrogens with zero attached hydrogens (tertiary/aromatic N) is 1. The normalized spacial score (nSPS) is 29.0. The Morgan fingerprint density at radius 1 is 1.28 bits per heavy atom. The number of carbonyl (C=O) groups is 2. The highest BCUT2D eigenvalue weighted by Crippen LogP contribution is 2.11. The molecule has 0 bridgehead atoms. The highest BCUT2D eigenvalue weighted by molar-refractivity contribution is 5.84. The molecule has 0 radical (unpaired) electrons. The molecule has 2 atom stereocenters. The lowest BCUT2D eigenvalue weighted by Gasteiger charge is -2.34. The number of aliphatic carboxylic acids is 1. The predicted octanol–water partition coefficient (Wildman–Crippen LogP) is -1.32. The number of carbonyl (C=O) groups excluding carboxylic acids is 1. The molecule has 0 aromatic carbocycles. The Kier molecular flexibility index (Phi) is 4.51. The molecule has 102 valence electrons. The van der Waals surface area contributed by atoms with Crippen LogP contribution in [0.4, 0.5) is 0 Å². The van der Waals surface area contributed by atoms with Crippen LogP contribution in [-0.4, -0.2) is 73.5 Å². The Bertz CT molecular complexity index is 317. The standard InChI is InChI=1S/C11H18N2O5/c14-10(5-8-6-17-3-1-12-8)13-2-4-18-7-9(13)11(15)16/h8-9,12H,1-7H2,(H,15,16). The molecular formula is C11H18N2O5. The van der Waals surface area contributed by atoms with Gasteiger partial charge >= 0.3 is 5.97 Å². The Hall–Kier alpha value is -1.18. The van der Waals surface area contributed by atoms with E-state index in [1.807, 2.05) is 0 Å². The molecule has 0 spiro atoms. The van der Waals surface area contributed by atoms with Crippen molar-refractivity contribution in [3.63, 3.8) is 0 Å². The van der Waals surface area contributed by atoms with E-state index in [2.05, 4.69) is 5.32 Å². The van der Waals surface area contributed by atoms with Crippen molar-refractivity contribution in [3.05, 3.63) is 0 Å². The van der Waals surface area contributed by atoms with Crippen molar-refractivity contribution in [1.29, 1.82) is 0 Å². The lowest BCUT2D eigenvalue weighted by Crippen LogP contribution is -2.54. The molecule has 7 heteroatoms. The number of amides is 1. The SMILES string of the molecule is O=C(O)C1COCCN1C(=O)CC1COCCN1. The van der Waals surface area contributed by atoms with Gasteiger partial charge in [0.05, 0.1) is 26.4 Å². The van der Waals surface area contributed by atoms with Crippen molar-refractivity contribution in [2.24, 2.45) is 0 Å². The molecule has 0 aromatic heterocycles.